The molecule has 3 N–H and O–H groups in total. The Hall–Kier alpha value is -5.40. The minimum Gasteiger partial charge on any atom is -0.378 e. The number of fused-ring (bicyclic) bond motifs is 2. The third-order valence-corrected chi connectivity index (χ3v) is 10.4. The van der Waals surface area contributed by atoms with Crippen molar-refractivity contribution in [2.24, 2.45) is 18.9 Å². The van der Waals surface area contributed by atoms with Gasteiger partial charge in [-0.1, -0.05) is 51.3 Å². The number of hydrogen-bond donors (Lipinski definition) is 3. The number of halogens is 7. The zero-order chi connectivity index (χ0) is 42.6. The maximum absolute atomic E-state index is 15.6. The van der Waals surface area contributed by atoms with E-state index < -0.39 is 77.2 Å². The Morgan fingerprint density at radius 2 is 1.67 bits per heavy atom. The van der Waals surface area contributed by atoms with Crippen LogP contribution in [-0.4, -0.2) is 47.1 Å². The fraction of sp³-hybridized carbons (Fsp3) is 0.390. The molecule has 6 rings (SSSR count). The van der Waals surface area contributed by atoms with E-state index >= 15 is 8.78 Å². The number of pyridine rings is 1. The molecule has 3 heterocycles. The maximum Gasteiger partial charge on any atom is 0.292 e. The van der Waals surface area contributed by atoms with Gasteiger partial charge in [-0.05, 0) is 68.0 Å². The number of hydrogen-bond acceptors (Lipinski definition) is 6. The van der Waals surface area contributed by atoms with Gasteiger partial charge in [0, 0.05) is 41.6 Å². The van der Waals surface area contributed by atoms with Gasteiger partial charge in [0.05, 0.1) is 27.7 Å². The fourth-order valence-corrected chi connectivity index (χ4v) is 7.35. The summed E-state index contributed by atoms with van der Waals surface area (Å²) in [4.78, 5) is 31.5. The van der Waals surface area contributed by atoms with Crippen LogP contribution in [-0.2, 0) is 35.5 Å². The number of aryl methyl sites for hydroxylation is 1. The van der Waals surface area contributed by atoms with Crippen LogP contribution in [0.25, 0.3) is 22.0 Å². The van der Waals surface area contributed by atoms with Crippen molar-refractivity contribution in [3.05, 3.63) is 93.0 Å². The zero-order valence-electron chi connectivity index (χ0n) is 32.5. The Balaban J connectivity index is 1.54. The predicted octanol–water partition coefficient (Wildman–Crippen LogP) is 8.36. The lowest BCUT2D eigenvalue weighted by Gasteiger charge is -2.23. The smallest absolute Gasteiger partial charge is 0.292 e. The summed E-state index contributed by atoms with van der Waals surface area (Å²) >= 11 is 6.69. The van der Waals surface area contributed by atoms with Crippen LogP contribution in [0.1, 0.15) is 93.8 Å². The van der Waals surface area contributed by atoms with E-state index in [9.17, 15) is 32.3 Å². The molecular weight excluding hydrogens is 788 g/mol. The minimum atomic E-state index is -3.59. The van der Waals surface area contributed by atoms with Crippen molar-refractivity contribution in [3.63, 3.8) is 0 Å². The number of nitrogens with one attached hydrogen (secondary N) is 2. The first-order valence-corrected chi connectivity index (χ1v) is 18.7. The summed E-state index contributed by atoms with van der Waals surface area (Å²) in [6.07, 6.45) is -3.51. The zero-order valence-corrected chi connectivity index (χ0v) is 33.2. The van der Waals surface area contributed by atoms with Crippen LogP contribution in [0, 0.1) is 35.3 Å². The van der Waals surface area contributed by atoms with E-state index in [-0.39, 0.29) is 45.7 Å². The molecule has 5 aromatic rings. The Kier molecular flexibility index (Phi) is 11.5. The summed E-state index contributed by atoms with van der Waals surface area (Å²) < 4.78 is 90.8. The quantitative estimate of drug-likeness (QED) is 0.0960. The van der Waals surface area contributed by atoms with Crippen molar-refractivity contribution in [1.82, 2.24) is 29.9 Å². The number of aliphatic hydroxyl groups is 1. The molecular formula is C41H40ClF6N7O3. The molecule has 0 aliphatic heterocycles. The molecule has 0 unspecified atom stereocenters. The highest BCUT2D eigenvalue weighted by molar-refractivity contribution is 6.37. The number of benzene rings is 2. The molecule has 0 saturated carbocycles. The first-order chi connectivity index (χ1) is 27.1. The van der Waals surface area contributed by atoms with Gasteiger partial charge in [-0.2, -0.15) is 19.0 Å². The van der Waals surface area contributed by atoms with E-state index in [2.05, 4.69) is 32.7 Å². The first-order valence-electron chi connectivity index (χ1n) is 18.3. The fourth-order valence-electron chi connectivity index (χ4n) is 7.11. The molecule has 306 valence electrons. The maximum atomic E-state index is 15.6. The van der Waals surface area contributed by atoms with Crippen molar-refractivity contribution in [3.8, 4) is 23.0 Å². The first kappa shape index (κ1) is 42.2. The monoisotopic (exact) mass is 827 g/mol. The highest BCUT2D eigenvalue weighted by atomic mass is 35.5. The van der Waals surface area contributed by atoms with E-state index in [1.54, 1.807) is 45.2 Å². The lowest BCUT2D eigenvalue weighted by molar-refractivity contribution is -0.123. The molecule has 3 aromatic heterocycles. The second-order valence-electron chi connectivity index (χ2n) is 15.3. The highest BCUT2D eigenvalue weighted by Gasteiger charge is 2.55. The lowest BCUT2D eigenvalue weighted by atomic mass is 9.93. The van der Waals surface area contributed by atoms with Gasteiger partial charge < -0.3 is 15.7 Å². The van der Waals surface area contributed by atoms with Gasteiger partial charge in [-0.3, -0.25) is 19.0 Å². The molecule has 3 atom stereocenters. The molecule has 2 aromatic carbocycles. The second-order valence-corrected chi connectivity index (χ2v) is 15.7. The van der Waals surface area contributed by atoms with Crippen LogP contribution in [0.2, 0.25) is 5.02 Å². The molecule has 1 aliphatic rings. The van der Waals surface area contributed by atoms with Gasteiger partial charge in [0.15, 0.2) is 5.82 Å². The Bertz CT molecular complexity index is 2480. The molecule has 0 saturated heterocycles. The largest absolute Gasteiger partial charge is 0.378 e. The van der Waals surface area contributed by atoms with Gasteiger partial charge in [0.1, 0.15) is 40.9 Å². The molecule has 58 heavy (non-hydrogen) atoms. The van der Waals surface area contributed by atoms with Gasteiger partial charge in [-0.25, -0.2) is 22.5 Å². The molecule has 0 fully saturated rings. The van der Waals surface area contributed by atoms with Crippen molar-refractivity contribution >= 4 is 40.1 Å². The summed E-state index contributed by atoms with van der Waals surface area (Å²) in [7, 11) is 1.62. The van der Waals surface area contributed by atoms with Gasteiger partial charge in [0.25, 0.3) is 12.3 Å². The Labute approximate surface area is 335 Å². The van der Waals surface area contributed by atoms with Crippen LogP contribution in [0.4, 0.5) is 32.2 Å². The van der Waals surface area contributed by atoms with Crippen molar-refractivity contribution in [2.45, 2.75) is 84.4 Å². The number of carbonyl (C=O) groups is 2. The van der Waals surface area contributed by atoms with Crippen molar-refractivity contribution in [2.75, 3.05) is 5.32 Å². The van der Waals surface area contributed by atoms with E-state index in [0.29, 0.717) is 32.8 Å². The Morgan fingerprint density at radius 3 is 2.29 bits per heavy atom. The second kappa shape index (κ2) is 15.7. The van der Waals surface area contributed by atoms with Crippen molar-refractivity contribution < 1.29 is 41.0 Å². The van der Waals surface area contributed by atoms with E-state index in [1.165, 1.54) is 32.4 Å². The van der Waals surface area contributed by atoms with Crippen LogP contribution in [0.3, 0.4) is 0 Å². The molecule has 0 spiro atoms. The number of rotatable bonds is 10. The summed E-state index contributed by atoms with van der Waals surface area (Å²) in [5, 5.41) is 24.8. The third kappa shape index (κ3) is 8.28. The summed E-state index contributed by atoms with van der Waals surface area (Å²) in [6.45, 7) is 8.03. The Morgan fingerprint density at radius 1 is 1.02 bits per heavy atom. The topological polar surface area (TPSA) is 127 Å². The average molecular weight is 828 g/mol. The average Bonchev–Trinajstić information content (AvgIpc) is 3.72. The minimum absolute atomic E-state index is 0.0677. The normalized spacial score (nSPS) is 16.7. The highest BCUT2D eigenvalue weighted by Crippen LogP contribution is 2.54. The number of carbonyl (C=O) groups excluding carboxylic acids is 2. The molecule has 0 bridgehead atoms. The number of alkyl halides is 4. The molecule has 17 heteroatoms. The molecule has 0 radical (unpaired) electrons. The van der Waals surface area contributed by atoms with E-state index in [0.717, 1.165) is 12.1 Å². The van der Waals surface area contributed by atoms with E-state index in [1.807, 2.05) is 0 Å². The molecule has 10 nitrogen and oxygen atoms in total. The van der Waals surface area contributed by atoms with Gasteiger partial charge in [-0.15, -0.1) is 0 Å². The number of nitrogens with zero attached hydrogens (tertiary/aromatic N) is 5. The van der Waals surface area contributed by atoms with E-state index in [4.69, 9.17) is 16.6 Å². The van der Waals surface area contributed by atoms with Crippen LogP contribution < -0.4 is 10.6 Å². The molecule has 2 amide bonds. The SMILES string of the molecule is CC(C)C(=O)Nc1nn(C)c2c(-c3ccc(C#CC(C)(C)O)nc3[C@H](Cc3cc(F)cc(F)c3)NC(=O)Cn3nc(C(F)F)c4c3C(F)(F)[C@H](C)[C@@H]4C)ccc(Cl)c12. The van der Waals surface area contributed by atoms with Crippen LogP contribution >= 0.6 is 11.6 Å². The number of amides is 2. The summed E-state index contributed by atoms with van der Waals surface area (Å²) in [5.74, 6) is -3.82. The third-order valence-electron chi connectivity index (χ3n) is 10.1. The number of aromatic nitrogens is 5. The predicted molar refractivity (Wildman–Crippen MR) is 205 cm³/mol. The summed E-state index contributed by atoms with van der Waals surface area (Å²) in [5.41, 5.74) is -1.96. The number of anilines is 1. The van der Waals surface area contributed by atoms with Gasteiger partial charge >= 0.3 is 0 Å². The standard InChI is InChI=1S/C41H40ClF6N7O3/c1-19(2)39(57)51-38-32-28(42)11-10-27(35(32)54(7)53-38)26-9-8-25(12-13-40(5,6)58)49-33(26)29(16-22-14-23(43)17-24(44)15-22)50-30(56)18-55-36-31(34(52-55)37(45)46)20(3)21(4)41(36,47)48/h8-11,14-15,17,19-21,29,37,58H,16,18H2,1-7H3,(H,50,56)(H,51,53,57)/t20-,21+,29-/m0/s1. The van der Waals surface area contributed by atoms with Gasteiger partial charge in [0.2, 0.25) is 11.8 Å². The summed E-state index contributed by atoms with van der Waals surface area (Å²) in [6, 6.07) is 7.83. The lowest BCUT2D eigenvalue weighted by Crippen LogP contribution is -2.35. The van der Waals surface area contributed by atoms with Crippen LogP contribution in [0.5, 0.6) is 0 Å². The van der Waals surface area contributed by atoms with Crippen molar-refractivity contribution in [1.29, 1.82) is 0 Å². The molecule has 1 aliphatic carbocycles. The van der Waals surface area contributed by atoms with Crippen LogP contribution in [0.15, 0.2) is 42.5 Å².